The van der Waals surface area contributed by atoms with Crippen molar-refractivity contribution in [3.8, 4) is 5.82 Å². The molecule has 1 N–H and O–H groups in total. The van der Waals surface area contributed by atoms with Crippen LogP contribution in [0.5, 0.6) is 0 Å². The maximum absolute atomic E-state index is 13.8. The standard InChI is InChI=1S/C19H16BrFN4O3/c1-11-14(10-23-25(11)17-5-3-4-8-22-17)19(27)28-12(2)18(26)24-16-7-6-13(20)9-15(16)21/h3-10,12H,1-2H3,(H,24,26). The van der Waals surface area contributed by atoms with Crippen LogP contribution in [0.15, 0.2) is 53.3 Å². The largest absolute Gasteiger partial charge is 0.449 e. The number of amides is 1. The highest BCUT2D eigenvalue weighted by Gasteiger charge is 2.23. The van der Waals surface area contributed by atoms with Crippen molar-refractivity contribution >= 4 is 33.5 Å². The van der Waals surface area contributed by atoms with Gasteiger partial charge in [0.15, 0.2) is 11.9 Å². The maximum atomic E-state index is 13.8. The van der Waals surface area contributed by atoms with E-state index in [-0.39, 0.29) is 11.3 Å². The number of aromatic nitrogens is 3. The Morgan fingerprint density at radius 3 is 2.75 bits per heavy atom. The Kier molecular flexibility index (Phi) is 5.84. The van der Waals surface area contributed by atoms with E-state index >= 15 is 0 Å². The highest BCUT2D eigenvalue weighted by atomic mass is 79.9. The van der Waals surface area contributed by atoms with E-state index in [1.807, 2.05) is 0 Å². The number of benzene rings is 1. The summed E-state index contributed by atoms with van der Waals surface area (Å²) in [6.45, 7) is 3.10. The molecule has 1 amide bonds. The molecule has 1 atom stereocenters. The predicted octanol–water partition coefficient (Wildman–Crippen LogP) is 3.66. The molecule has 3 aromatic rings. The van der Waals surface area contributed by atoms with Gasteiger partial charge in [0.25, 0.3) is 5.91 Å². The van der Waals surface area contributed by atoms with E-state index in [0.717, 1.165) is 0 Å². The highest BCUT2D eigenvalue weighted by molar-refractivity contribution is 9.10. The molecule has 28 heavy (non-hydrogen) atoms. The number of carbonyl (C=O) groups excluding carboxylic acids is 2. The molecule has 2 aromatic heterocycles. The quantitative estimate of drug-likeness (QED) is 0.604. The molecule has 7 nitrogen and oxygen atoms in total. The Balaban J connectivity index is 1.69. The normalized spacial score (nSPS) is 11.7. The SMILES string of the molecule is Cc1c(C(=O)OC(C)C(=O)Nc2ccc(Br)cc2F)cnn1-c1ccccn1. The second-order valence-corrected chi connectivity index (χ2v) is 6.82. The second kappa shape index (κ2) is 8.30. The first-order chi connectivity index (χ1) is 13.4. The summed E-state index contributed by atoms with van der Waals surface area (Å²) in [5.41, 5.74) is 0.727. The Morgan fingerprint density at radius 2 is 2.07 bits per heavy atom. The van der Waals surface area contributed by atoms with Crippen molar-refractivity contribution in [2.24, 2.45) is 0 Å². The number of esters is 1. The van der Waals surface area contributed by atoms with Crippen LogP contribution in [-0.4, -0.2) is 32.7 Å². The number of halogens is 2. The lowest BCUT2D eigenvalue weighted by atomic mass is 10.2. The van der Waals surface area contributed by atoms with Gasteiger partial charge in [-0.15, -0.1) is 0 Å². The number of nitrogens with one attached hydrogen (secondary N) is 1. The third-order valence-electron chi connectivity index (χ3n) is 3.94. The van der Waals surface area contributed by atoms with Crippen molar-refractivity contribution in [3.05, 3.63) is 70.3 Å². The summed E-state index contributed by atoms with van der Waals surface area (Å²) < 4.78 is 21.1. The smallest absolute Gasteiger partial charge is 0.342 e. The van der Waals surface area contributed by atoms with E-state index in [9.17, 15) is 14.0 Å². The molecule has 3 rings (SSSR count). The Bertz CT molecular complexity index is 1020. The fourth-order valence-electron chi connectivity index (χ4n) is 2.42. The lowest BCUT2D eigenvalue weighted by Gasteiger charge is -2.14. The first-order valence-electron chi connectivity index (χ1n) is 8.29. The molecule has 0 aliphatic rings. The number of pyridine rings is 1. The van der Waals surface area contributed by atoms with Gasteiger partial charge in [-0.1, -0.05) is 22.0 Å². The molecule has 144 valence electrons. The van der Waals surface area contributed by atoms with Gasteiger partial charge in [-0.3, -0.25) is 4.79 Å². The van der Waals surface area contributed by atoms with Crippen LogP contribution < -0.4 is 5.32 Å². The number of nitrogens with zero attached hydrogens (tertiary/aromatic N) is 3. The number of carbonyl (C=O) groups is 2. The Labute approximate surface area is 168 Å². The van der Waals surface area contributed by atoms with Gasteiger partial charge in [-0.2, -0.15) is 5.10 Å². The molecule has 0 saturated heterocycles. The number of ether oxygens (including phenoxy) is 1. The van der Waals surface area contributed by atoms with Gasteiger partial charge in [0.1, 0.15) is 11.4 Å². The molecule has 0 bridgehead atoms. The van der Waals surface area contributed by atoms with Crippen LogP contribution in [0.3, 0.4) is 0 Å². The van der Waals surface area contributed by atoms with Crippen molar-refractivity contribution in [1.82, 2.24) is 14.8 Å². The third-order valence-corrected chi connectivity index (χ3v) is 4.43. The molecule has 0 radical (unpaired) electrons. The zero-order chi connectivity index (χ0) is 20.3. The lowest BCUT2D eigenvalue weighted by Crippen LogP contribution is -2.30. The van der Waals surface area contributed by atoms with Crippen LogP contribution in [-0.2, 0) is 9.53 Å². The summed E-state index contributed by atoms with van der Waals surface area (Å²) in [7, 11) is 0. The first kappa shape index (κ1) is 19.7. The van der Waals surface area contributed by atoms with Crippen molar-refractivity contribution < 1.29 is 18.7 Å². The molecule has 0 aliphatic heterocycles. The monoisotopic (exact) mass is 446 g/mol. The van der Waals surface area contributed by atoms with Gasteiger partial charge < -0.3 is 10.1 Å². The molecule has 0 aliphatic carbocycles. The molecule has 2 heterocycles. The first-order valence-corrected chi connectivity index (χ1v) is 9.09. The minimum atomic E-state index is -1.13. The number of hydrogen-bond acceptors (Lipinski definition) is 5. The molecule has 0 fully saturated rings. The van der Waals surface area contributed by atoms with Crippen LogP contribution in [0.4, 0.5) is 10.1 Å². The van der Waals surface area contributed by atoms with Crippen LogP contribution in [0, 0.1) is 12.7 Å². The summed E-state index contributed by atoms with van der Waals surface area (Å²) in [6.07, 6.45) is 1.83. The van der Waals surface area contributed by atoms with Gasteiger partial charge in [0, 0.05) is 10.7 Å². The van der Waals surface area contributed by atoms with E-state index in [4.69, 9.17) is 4.74 Å². The van der Waals surface area contributed by atoms with Gasteiger partial charge in [0.05, 0.1) is 17.6 Å². The maximum Gasteiger partial charge on any atom is 0.342 e. The van der Waals surface area contributed by atoms with Gasteiger partial charge >= 0.3 is 5.97 Å². The summed E-state index contributed by atoms with van der Waals surface area (Å²) >= 11 is 3.14. The minimum absolute atomic E-state index is 0.00440. The average molecular weight is 447 g/mol. The fraction of sp³-hybridized carbons (Fsp3) is 0.158. The Hall–Kier alpha value is -3.07. The van der Waals surface area contributed by atoms with Crippen molar-refractivity contribution in [2.75, 3.05) is 5.32 Å². The van der Waals surface area contributed by atoms with Crippen molar-refractivity contribution in [3.63, 3.8) is 0 Å². The Morgan fingerprint density at radius 1 is 1.29 bits per heavy atom. The molecule has 1 unspecified atom stereocenters. The van der Waals surface area contributed by atoms with E-state index in [0.29, 0.717) is 16.0 Å². The van der Waals surface area contributed by atoms with Crippen LogP contribution in [0.1, 0.15) is 23.0 Å². The van der Waals surface area contributed by atoms with Gasteiger partial charge in [-0.25, -0.2) is 18.9 Å². The molecule has 0 saturated carbocycles. The van der Waals surface area contributed by atoms with Crippen molar-refractivity contribution in [1.29, 1.82) is 0 Å². The van der Waals surface area contributed by atoms with E-state index < -0.39 is 23.8 Å². The lowest BCUT2D eigenvalue weighted by molar-refractivity contribution is -0.123. The third kappa shape index (κ3) is 4.25. The van der Waals surface area contributed by atoms with Crippen LogP contribution >= 0.6 is 15.9 Å². The van der Waals surface area contributed by atoms with E-state index in [1.54, 1.807) is 37.4 Å². The van der Waals surface area contributed by atoms with Crippen LogP contribution in [0.25, 0.3) is 5.82 Å². The molecular weight excluding hydrogens is 431 g/mol. The summed E-state index contributed by atoms with van der Waals surface area (Å²) in [6, 6.07) is 9.54. The van der Waals surface area contributed by atoms with Crippen molar-refractivity contribution in [2.45, 2.75) is 20.0 Å². The molecular formula is C19H16BrFN4O3. The number of anilines is 1. The summed E-state index contributed by atoms with van der Waals surface area (Å²) in [4.78, 5) is 28.8. The average Bonchev–Trinajstić information content (AvgIpc) is 3.06. The van der Waals surface area contributed by atoms with Gasteiger partial charge in [-0.05, 0) is 44.2 Å². The second-order valence-electron chi connectivity index (χ2n) is 5.90. The highest BCUT2D eigenvalue weighted by Crippen LogP contribution is 2.20. The summed E-state index contributed by atoms with van der Waals surface area (Å²) in [5.74, 6) is -1.41. The zero-order valence-electron chi connectivity index (χ0n) is 15.0. The number of hydrogen-bond donors (Lipinski definition) is 1. The van der Waals surface area contributed by atoms with E-state index in [1.165, 1.54) is 29.9 Å². The zero-order valence-corrected chi connectivity index (χ0v) is 16.6. The molecule has 1 aromatic carbocycles. The predicted molar refractivity (Wildman–Crippen MR) is 104 cm³/mol. The minimum Gasteiger partial charge on any atom is -0.449 e. The summed E-state index contributed by atoms with van der Waals surface area (Å²) in [5, 5.41) is 6.54. The molecule has 0 spiro atoms. The fourth-order valence-corrected chi connectivity index (χ4v) is 2.76. The van der Waals surface area contributed by atoms with E-state index in [2.05, 4.69) is 31.3 Å². The van der Waals surface area contributed by atoms with Gasteiger partial charge in [0.2, 0.25) is 0 Å². The van der Waals surface area contributed by atoms with Crippen LogP contribution in [0.2, 0.25) is 0 Å². The molecule has 9 heteroatoms. The number of rotatable bonds is 5. The topological polar surface area (TPSA) is 86.1 Å².